The van der Waals surface area contributed by atoms with Crippen LogP contribution < -0.4 is 10.6 Å². The van der Waals surface area contributed by atoms with Gasteiger partial charge >= 0.3 is 6.09 Å². The zero-order chi connectivity index (χ0) is 16.4. The molecule has 0 aromatic heterocycles. The van der Waals surface area contributed by atoms with E-state index in [-0.39, 0.29) is 25.3 Å². The molecule has 0 aromatic carbocycles. The lowest BCUT2D eigenvalue weighted by atomic mass is 10.2. The molecule has 1 heterocycles. The van der Waals surface area contributed by atoms with Gasteiger partial charge in [-0.3, -0.25) is 14.4 Å². The molecule has 0 spiro atoms. The van der Waals surface area contributed by atoms with Crippen molar-refractivity contribution in [3.8, 4) is 0 Å². The van der Waals surface area contributed by atoms with Gasteiger partial charge in [0.25, 0.3) is 11.8 Å². The Morgan fingerprint density at radius 3 is 2.32 bits per heavy atom. The Kier molecular flexibility index (Phi) is 7.95. The predicted molar refractivity (Wildman–Crippen MR) is 77.3 cm³/mol. The van der Waals surface area contributed by atoms with Gasteiger partial charge in [0.05, 0.1) is 0 Å². The fraction of sp³-hybridized carbons (Fsp3) is 0.714. The van der Waals surface area contributed by atoms with Gasteiger partial charge in [-0.15, -0.1) is 5.06 Å². The number of nitrogens with one attached hydrogen (secondary N) is 2. The first-order valence-corrected chi connectivity index (χ1v) is 7.63. The Morgan fingerprint density at radius 1 is 1.05 bits per heavy atom. The third kappa shape index (κ3) is 6.55. The number of imide groups is 1. The van der Waals surface area contributed by atoms with E-state index in [1.807, 2.05) is 0 Å². The summed E-state index contributed by atoms with van der Waals surface area (Å²) in [6, 6.07) is 0. The summed E-state index contributed by atoms with van der Waals surface area (Å²) in [6.07, 6.45) is 3.32. The minimum atomic E-state index is -0.849. The highest BCUT2D eigenvalue weighted by atomic mass is 16.7. The first kappa shape index (κ1) is 17.9. The van der Waals surface area contributed by atoms with Gasteiger partial charge in [-0.1, -0.05) is 19.8 Å². The van der Waals surface area contributed by atoms with Crippen molar-refractivity contribution in [3.05, 3.63) is 0 Å². The van der Waals surface area contributed by atoms with Gasteiger partial charge in [0.2, 0.25) is 5.91 Å². The topological polar surface area (TPSA) is 105 Å². The smallest absolute Gasteiger partial charge is 0.356 e. The molecule has 0 aliphatic carbocycles. The first-order valence-electron chi connectivity index (χ1n) is 7.63. The van der Waals surface area contributed by atoms with E-state index >= 15 is 0 Å². The van der Waals surface area contributed by atoms with E-state index in [1.54, 1.807) is 0 Å². The molecule has 8 heteroatoms. The molecule has 1 aliphatic rings. The van der Waals surface area contributed by atoms with Crippen LogP contribution in [0, 0.1) is 0 Å². The lowest BCUT2D eigenvalue weighted by molar-refractivity contribution is -0.171. The average molecular weight is 313 g/mol. The zero-order valence-corrected chi connectivity index (χ0v) is 12.9. The lowest BCUT2D eigenvalue weighted by Crippen LogP contribution is -2.38. The van der Waals surface area contributed by atoms with Crippen molar-refractivity contribution in [2.24, 2.45) is 0 Å². The molecule has 0 saturated carbocycles. The summed E-state index contributed by atoms with van der Waals surface area (Å²) < 4.78 is 0. The molecular formula is C14H23N3O5. The van der Waals surface area contributed by atoms with Crippen LogP contribution in [0.5, 0.6) is 0 Å². The Morgan fingerprint density at radius 2 is 1.68 bits per heavy atom. The van der Waals surface area contributed by atoms with Gasteiger partial charge < -0.3 is 15.5 Å². The summed E-state index contributed by atoms with van der Waals surface area (Å²) in [7, 11) is 0. The molecule has 22 heavy (non-hydrogen) atoms. The van der Waals surface area contributed by atoms with Gasteiger partial charge in [-0.25, -0.2) is 4.79 Å². The molecule has 0 atom stereocenters. The minimum absolute atomic E-state index is 0.00397. The summed E-state index contributed by atoms with van der Waals surface area (Å²) in [6.45, 7) is 2.81. The van der Waals surface area contributed by atoms with Crippen LogP contribution in [0.2, 0.25) is 0 Å². The number of hydroxylamine groups is 2. The summed E-state index contributed by atoms with van der Waals surface area (Å²) in [4.78, 5) is 49.9. The fourth-order valence-electron chi connectivity index (χ4n) is 1.90. The van der Waals surface area contributed by atoms with Crippen LogP contribution in [0.4, 0.5) is 4.79 Å². The third-order valence-electron chi connectivity index (χ3n) is 3.13. The van der Waals surface area contributed by atoms with Gasteiger partial charge in [0.1, 0.15) is 0 Å². The van der Waals surface area contributed by atoms with E-state index in [1.165, 1.54) is 0 Å². The molecule has 1 fully saturated rings. The molecule has 0 aromatic rings. The van der Waals surface area contributed by atoms with E-state index in [0.29, 0.717) is 24.4 Å². The quantitative estimate of drug-likeness (QED) is 0.485. The maximum Gasteiger partial charge on any atom is 0.432 e. The summed E-state index contributed by atoms with van der Waals surface area (Å²) >= 11 is 0. The van der Waals surface area contributed by atoms with Crippen molar-refractivity contribution in [3.63, 3.8) is 0 Å². The number of hydrogen-bond donors (Lipinski definition) is 2. The molecule has 1 aliphatic heterocycles. The maximum atomic E-state index is 11.4. The summed E-state index contributed by atoms with van der Waals surface area (Å²) in [5.41, 5.74) is 0. The largest absolute Gasteiger partial charge is 0.432 e. The molecule has 4 amide bonds. The van der Waals surface area contributed by atoms with E-state index in [0.717, 1.165) is 19.3 Å². The van der Waals surface area contributed by atoms with E-state index < -0.39 is 17.9 Å². The normalized spacial score (nSPS) is 14.1. The van der Waals surface area contributed by atoms with E-state index in [9.17, 15) is 19.2 Å². The van der Waals surface area contributed by atoms with Gasteiger partial charge in [0, 0.05) is 32.4 Å². The van der Waals surface area contributed by atoms with Crippen LogP contribution in [-0.4, -0.2) is 42.0 Å². The van der Waals surface area contributed by atoms with Crippen molar-refractivity contribution in [1.82, 2.24) is 15.7 Å². The van der Waals surface area contributed by atoms with E-state index in [4.69, 9.17) is 0 Å². The SMILES string of the molecule is CCCCCC(=O)NCCCNC(=O)ON1C(=O)CCC1=O. The van der Waals surface area contributed by atoms with Crippen LogP contribution in [0.3, 0.4) is 0 Å². The number of rotatable bonds is 9. The van der Waals surface area contributed by atoms with Crippen molar-refractivity contribution in [2.75, 3.05) is 13.1 Å². The third-order valence-corrected chi connectivity index (χ3v) is 3.13. The summed E-state index contributed by atoms with van der Waals surface area (Å²) in [5, 5.41) is 5.66. The van der Waals surface area contributed by atoms with Crippen molar-refractivity contribution in [2.45, 2.75) is 51.9 Å². The maximum absolute atomic E-state index is 11.4. The fourth-order valence-corrected chi connectivity index (χ4v) is 1.90. The Balaban J connectivity index is 2.04. The number of amides is 4. The Hall–Kier alpha value is -2.12. The standard InChI is InChI=1S/C14H23N3O5/c1-2-3-4-6-11(18)15-9-5-10-16-14(21)22-17-12(19)7-8-13(17)20/h2-10H2,1H3,(H,15,18)(H,16,21). The zero-order valence-electron chi connectivity index (χ0n) is 12.9. The van der Waals surface area contributed by atoms with Crippen molar-refractivity contribution < 1.29 is 24.0 Å². The number of nitrogens with zero attached hydrogens (tertiary/aromatic N) is 1. The van der Waals surface area contributed by atoms with Crippen LogP contribution in [-0.2, 0) is 19.2 Å². The predicted octanol–water partition coefficient (Wildman–Crippen LogP) is 0.863. The highest BCUT2D eigenvalue weighted by Gasteiger charge is 2.32. The monoisotopic (exact) mass is 313 g/mol. The van der Waals surface area contributed by atoms with Crippen molar-refractivity contribution >= 4 is 23.8 Å². The molecule has 1 saturated heterocycles. The van der Waals surface area contributed by atoms with Crippen LogP contribution in [0.25, 0.3) is 0 Å². The number of hydrogen-bond acceptors (Lipinski definition) is 5. The number of carbonyl (C=O) groups is 4. The Labute approximate surface area is 129 Å². The molecule has 2 N–H and O–H groups in total. The molecule has 8 nitrogen and oxygen atoms in total. The Bertz CT molecular complexity index is 409. The summed E-state index contributed by atoms with van der Waals surface area (Å²) in [5.74, 6) is -1.02. The highest BCUT2D eigenvalue weighted by molar-refractivity contribution is 6.01. The van der Waals surface area contributed by atoms with Gasteiger partial charge in [0.15, 0.2) is 0 Å². The second-order valence-electron chi connectivity index (χ2n) is 5.05. The molecule has 1 rings (SSSR count). The highest BCUT2D eigenvalue weighted by Crippen LogP contribution is 2.11. The van der Waals surface area contributed by atoms with Crippen molar-refractivity contribution in [1.29, 1.82) is 0 Å². The van der Waals surface area contributed by atoms with E-state index in [2.05, 4.69) is 22.4 Å². The average Bonchev–Trinajstić information content (AvgIpc) is 2.79. The van der Waals surface area contributed by atoms with Crippen LogP contribution >= 0.6 is 0 Å². The lowest BCUT2D eigenvalue weighted by Gasteiger charge is -2.13. The molecule has 0 bridgehead atoms. The second kappa shape index (κ2) is 9.75. The number of carbonyl (C=O) groups excluding carboxylic acids is 4. The molecule has 0 radical (unpaired) electrons. The van der Waals surface area contributed by atoms with Crippen LogP contribution in [0.1, 0.15) is 51.9 Å². The molecule has 0 unspecified atom stereocenters. The number of unbranched alkanes of at least 4 members (excludes halogenated alkanes) is 2. The second-order valence-corrected chi connectivity index (χ2v) is 5.05. The molecular weight excluding hydrogens is 290 g/mol. The van der Waals surface area contributed by atoms with Crippen LogP contribution in [0.15, 0.2) is 0 Å². The first-order chi connectivity index (χ1) is 10.5. The molecule has 124 valence electrons. The minimum Gasteiger partial charge on any atom is -0.356 e. The van der Waals surface area contributed by atoms with Gasteiger partial charge in [-0.2, -0.15) is 0 Å². The van der Waals surface area contributed by atoms with Gasteiger partial charge in [-0.05, 0) is 12.8 Å².